The molecule has 0 aliphatic carbocycles. The molecule has 9 aromatic heterocycles. The number of fused-ring (bicyclic) bond motifs is 6. The molecule has 12 rings (SSSR count). The SMILES string of the molecule is C1=c2cccnc2=CNC1.c1cc2cncnc2cn1.c1cc2ncncc2cn1.c1ccc2ncccc2c1.c1ccc2ncncc2c1.c1cnc2ccncc2c1. The van der Waals surface area contributed by atoms with Crippen LogP contribution in [-0.2, 0) is 0 Å². The molecule has 13 heteroatoms. The molecule has 0 saturated heterocycles. The van der Waals surface area contributed by atoms with Gasteiger partial charge in [-0.3, -0.25) is 29.9 Å². The molecule has 1 aliphatic heterocycles. The number of hydrogen-bond acceptors (Lipinski definition) is 13. The van der Waals surface area contributed by atoms with Gasteiger partial charge in [0.15, 0.2) is 0 Å². The summed E-state index contributed by atoms with van der Waals surface area (Å²) in [7, 11) is 0. The number of benzene rings is 2. The summed E-state index contributed by atoms with van der Waals surface area (Å²) in [5.74, 6) is 0. The highest BCUT2D eigenvalue weighted by molar-refractivity contribution is 5.79. The molecule has 0 saturated carbocycles. The van der Waals surface area contributed by atoms with Gasteiger partial charge in [-0.05, 0) is 59.8 Å². The number of nitrogens with one attached hydrogen (secondary N) is 1. The Kier molecular flexibility index (Phi) is 14.3. The van der Waals surface area contributed by atoms with Gasteiger partial charge >= 0.3 is 0 Å². The zero-order chi connectivity index (χ0) is 40.9. The second-order valence-corrected chi connectivity index (χ2v) is 12.5. The molecular weight excluding hydrogens is 747 g/mol. The minimum atomic E-state index is 0.887. The molecule has 0 unspecified atom stereocenters. The van der Waals surface area contributed by atoms with Crippen molar-refractivity contribution in [1.29, 1.82) is 0 Å². The summed E-state index contributed by atoms with van der Waals surface area (Å²) in [5.41, 5.74) is 4.88. The van der Waals surface area contributed by atoms with E-state index in [2.05, 4.69) is 89.4 Å². The quantitative estimate of drug-likeness (QED) is 0.172. The van der Waals surface area contributed by atoms with Crippen LogP contribution in [0.5, 0.6) is 0 Å². The van der Waals surface area contributed by atoms with Crippen LogP contribution in [0.4, 0.5) is 0 Å². The number of pyridine rings is 6. The van der Waals surface area contributed by atoms with E-state index in [-0.39, 0.29) is 0 Å². The smallest absolute Gasteiger partial charge is 0.116 e. The van der Waals surface area contributed by atoms with E-state index in [4.69, 9.17) is 0 Å². The molecule has 60 heavy (non-hydrogen) atoms. The molecule has 290 valence electrons. The molecule has 2 aromatic carbocycles. The van der Waals surface area contributed by atoms with Crippen LogP contribution in [0.3, 0.4) is 0 Å². The average molecular weight is 784 g/mol. The Balaban J connectivity index is 0.000000109. The summed E-state index contributed by atoms with van der Waals surface area (Å²) in [6, 6.07) is 33.6. The first-order valence-corrected chi connectivity index (χ1v) is 18.7. The third-order valence-corrected chi connectivity index (χ3v) is 8.49. The van der Waals surface area contributed by atoms with Crippen LogP contribution in [-0.4, -0.2) is 66.4 Å². The van der Waals surface area contributed by atoms with Gasteiger partial charge in [0.05, 0.1) is 39.1 Å². The molecule has 0 radical (unpaired) electrons. The fraction of sp³-hybridized carbons (Fsp3) is 0.0213. The fourth-order valence-electron chi connectivity index (χ4n) is 5.55. The summed E-state index contributed by atoms with van der Waals surface area (Å²) >= 11 is 0. The number of aromatic nitrogens is 12. The lowest BCUT2D eigenvalue weighted by molar-refractivity contribution is 1.03. The van der Waals surface area contributed by atoms with Crippen LogP contribution in [0.2, 0.25) is 0 Å². The normalized spacial score (nSPS) is 10.7. The van der Waals surface area contributed by atoms with Crippen molar-refractivity contribution in [3.05, 3.63) is 207 Å². The summed E-state index contributed by atoms with van der Waals surface area (Å²) < 4.78 is 0. The van der Waals surface area contributed by atoms with Crippen molar-refractivity contribution in [2.24, 2.45) is 0 Å². The number of para-hydroxylation sites is 2. The van der Waals surface area contributed by atoms with E-state index in [0.29, 0.717) is 0 Å². The Bertz CT molecular complexity index is 2390. The van der Waals surface area contributed by atoms with Gasteiger partial charge in [0.25, 0.3) is 0 Å². The van der Waals surface area contributed by atoms with Crippen LogP contribution < -0.4 is 15.9 Å². The first-order chi connectivity index (χ1) is 29.8. The minimum Gasteiger partial charge on any atom is -0.386 e. The molecule has 10 heterocycles. The van der Waals surface area contributed by atoms with Gasteiger partial charge in [-0.25, -0.2) is 29.9 Å². The predicted octanol–water partition coefficient (Wildman–Crippen LogP) is 6.75. The van der Waals surface area contributed by atoms with Crippen molar-refractivity contribution in [2.45, 2.75) is 0 Å². The molecule has 0 amide bonds. The average Bonchev–Trinajstić information content (AvgIpc) is 3.35. The molecular formula is C47H37N13. The van der Waals surface area contributed by atoms with Crippen molar-refractivity contribution < 1.29 is 0 Å². The van der Waals surface area contributed by atoms with E-state index in [0.717, 1.165) is 61.0 Å². The molecule has 13 nitrogen and oxygen atoms in total. The van der Waals surface area contributed by atoms with Gasteiger partial charge in [-0.2, -0.15) is 0 Å². The molecule has 0 bridgehead atoms. The summed E-state index contributed by atoms with van der Waals surface area (Å²) in [4.78, 5) is 48.1. The van der Waals surface area contributed by atoms with Crippen molar-refractivity contribution in [1.82, 2.24) is 65.1 Å². The molecule has 0 atom stereocenters. The molecule has 1 N–H and O–H groups in total. The zero-order valence-corrected chi connectivity index (χ0v) is 32.2. The van der Waals surface area contributed by atoms with Gasteiger partial charge in [0.2, 0.25) is 0 Å². The van der Waals surface area contributed by atoms with Crippen LogP contribution >= 0.6 is 0 Å². The van der Waals surface area contributed by atoms with Gasteiger partial charge in [0.1, 0.15) is 19.0 Å². The zero-order valence-electron chi connectivity index (χ0n) is 32.2. The van der Waals surface area contributed by atoms with Crippen molar-refractivity contribution in [3.8, 4) is 0 Å². The van der Waals surface area contributed by atoms with Gasteiger partial charge in [-0.15, -0.1) is 0 Å². The third-order valence-electron chi connectivity index (χ3n) is 8.49. The second kappa shape index (κ2) is 21.6. The van der Waals surface area contributed by atoms with Gasteiger partial charge < -0.3 is 5.32 Å². The van der Waals surface area contributed by atoms with E-state index >= 15 is 0 Å². The Labute approximate surface area is 344 Å². The Morgan fingerprint density at radius 2 is 0.800 bits per heavy atom. The Hall–Kier alpha value is -8.58. The standard InChI is InChI=1S/C9H7N.C8H6N2.C8H8N2.C8H6N2.2C7H5N3/c1-2-6-9-8(4-1)5-3-7-10-9;1-2-7-6-9-5-3-8(7)10-4-1;1-2-7-3-5-9-6-8(7)10-4-1;1-2-4-8-7(3-1)5-9-6-10-8;1-2-8-3-6-4-9-5-10-7(1)6;1-2-8-4-7-6(1)3-9-5-10-7/h1-7H;1-6H;1-4,6,9H,5H2;1-6H;2*1-5H. The summed E-state index contributed by atoms with van der Waals surface area (Å²) in [6.45, 7) is 0.915. The maximum absolute atomic E-state index is 4.18. The lowest BCUT2D eigenvalue weighted by Crippen LogP contribution is -2.34. The van der Waals surface area contributed by atoms with Crippen LogP contribution in [0.15, 0.2) is 196 Å². The van der Waals surface area contributed by atoms with Crippen LogP contribution in [0.1, 0.15) is 0 Å². The Morgan fingerprint density at radius 3 is 1.45 bits per heavy atom. The van der Waals surface area contributed by atoms with Crippen LogP contribution in [0.25, 0.3) is 66.8 Å². The van der Waals surface area contributed by atoms with Gasteiger partial charge in [0, 0.05) is 108 Å². The van der Waals surface area contributed by atoms with E-state index in [1.807, 2.05) is 110 Å². The van der Waals surface area contributed by atoms with E-state index < -0.39 is 0 Å². The maximum atomic E-state index is 4.18. The second-order valence-electron chi connectivity index (χ2n) is 12.5. The highest BCUT2D eigenvalue weighted by atomic mass is 14.8. The van der Waals surface area contributed by atoms with E-state index in [1.54, 1.807) is 62.1 Å². The predicted molar refractivity (Wildman–Crippen MR) is 236 cm³/mol. The minimum absolute atomic E-state index is 0.887. The Morgan fingerprint density at radius 1 is 0.333 bits per heavy atom. The highest BCUT2D eigenvalue weighted by Crippen LogP contribution is 2.09. The lowest BCUT2D eigenvalue weighted by Gasteiger charge is -1.99. The fourth-order valence-corrected chi connectivity index (χ4v) is 5.55. The topological polar surface area (TPSA) is 167 Å². The van der Waals surface area contributed by atoms with Crippen molar-refractivity contribution in [3.63, 3.8) is 0 Å². The number of nitrogens with zero attached hydrogens (tertiary/aromatic N) is 12. The highest BCUT2D eigenvalue weighted by Gasteiger charge is 1.92. The first kappa shape index (κ1) is 39.6. The molecule has 0 spiro atoms. The summed E-state index contributed by atoms with van der Waals surface area (Å²) in [5, 5.41) is 10.7. The third kappa shape index (κ3) is 11.7. The monoisotopic (exact) mass is 783 g/mol. The van der Waals surface area contributed by atoms with Crippen molar-refractivity contribution in [2.75, 3.05) is 6.54 Å². The maximum Gasteiger partial charge on any atom is 0.116 e. The first-order valence-electron chi connectivity index (χ1n) is 18.7. The van der Waals surface area contributed by atoms with E-state index in [9.17, 15) is 0 Å². The molecule has 1 aliphatic rings. The molecule has 0 fully saturated rings. The number of hydrogen-bond donors (Lipinski definition) is 1. The van der Waals surface area contributed by atoms with Crippen molar-refractivity contribution >= 4 is 66.8 Å². The largest absolute Gasteiger partial charge is 0.386 e. The van der Waals surface area contributed by atoms with Crippen LogP contribution in [0, 0.1) is 0 Å². The van der Waals surface area contributed by atoms with E-state index in [1.165, 1.54) is 23.3 Å². The van der Waals surface area contributed by atoms with Gasteiger partial charge in [-0.1, -0.05) is 54.6 Å². The molecule has 11 aromatic rings. The number of rotatable bonds is 0. The summed E-state index contributed by atoms with van der Waals surface area (Å²) in [6.07, 6.45) is 29.8. The lowest BCUT2D eigenvalue weighted by atomic mass is 10.2.